The number of amides is 2. The molecule has 7 heteroatoms. The van der Waals surface area contributed by atoms with E-state index >= 15 is 0 Å². The van der Waals surface area contributed by atoms with Crippen LogP contribution in [0.15, 0.2) is 17.0 Å². The van der Waals surface area contributed by atoms with Gasteiger partial charge in [0.05, 0.1) is 5.69 Å². The molecule has 0 aliphatic carbocycles. The largest absolute Gasteiger partial charge is 0.398 e. The van der Waals surface area contributed by atoms with Gasteiger partial charge in [0.2, 0.25) is 0 Å². The third-order valence-electron chi connectivity index (χ3n) is 2.48. The summed E-state index contributed by atoms with van der Waals surface area (Å²) in [5, 5.41) is 2.35. The molecule has 4 N–H and O–H groups in total. The van der Waals surface area contributed by atoms with E-state index in [1.54, 1.807) is 19.9 Å². The Morgan fingerprint density at radius 3 is 2.39 bits per heavy atom. The molecule has 0 aliphatic heterocycles. The first kappa shape index (κ1) is 14.3. The van der Waals surface area contributed by atoms with Crippen LogP contribution in [0, 0.1) is 13.8 Å². The molecule has 0 fully saturated rings. The maximum Gasteiger partial charge on any atom is 0.328 e. The highest BCUT2D eigenvalue weighted by Gasteiger charge is 2.20. The van der Waals surface area contributed by atoms with E-state index in [4.69, 9.17) is 5.73 Å². The summed E-state index contributed by atoms with van der Waals surface area (Å²) in [6, 6.07) is 2.25. The number of urea groups is 1. The Bertz CT molecular complexity index is 567. The molecule has 0 aromatic heterocycles. The minimum atomic E-state index is -3.94. The number of carbonyl (C=O) groups excluding carboxylic acids is 1. The number of nitrogens with two attached hydrogens (primary N) is 1. The molecule has 2 amide bonds. The van der Waals surface area contributed by atoms with Gasteiger partial charge in [-0.25, -0.2) is 17.9 Å². The second kappa shape index (κ2) is 5.26. The Morgan fingerprint density at radius 1 is 1.28 bits per heavy atom. The van der Waals surface area contributed by atoms with Crippen LogP contribution in [0.5, 0.6) is 0 Å². The molecule has 1 aromatic rings. The molecule has 0 saturated carbocycles. The van der Waals surface area contributed by atoms with Crippen LogP contribution in [-0.2, 0) is 10.0 Å². The van der Waals surface area contributed by atoms with Crippen LogP contribution < -0.4 is 15.8 Å². The molecule has 0 unspecified atom stereocenters. The van der Waals surface area contributed by atoms with E-state index in [2.05, 4.69) is 5.32 Å². The lowest BCUT2D eigenvalue weighted by Crippen LogP contribution is -2.39. The molecule has 0 saturated heterocycles. The minimum Gasteiger partial charge on any atom is -0.398 e. The fourth-order valence-electron chi connectivity index (χ4n) is 1.42. The molecular weight excluding hydrogens is 254 g/mol. The summed E-state index contributed by atoms with van der Waals surface area (Å²) in [6.45, 7) is 5.64. The first-order valence-electron chi connectivity index (χ1n) is 5.45. The number of rotatable bonds is 3. The van der Waals surface area contributed by atoms with Gasteiger partial charge in [0.15, 0.2) is 0 Å². The number of carbonyl (C=O) groups is 1. The second-order valence-electron chi connectivity index (χ2n) is 3.94. The van der Waals surface area contributed by atoms with Crippen molar-refractivity contribution in [3.8, 4) is 0 Å². The molecule has 0 heterocycles. The second-order valence-corrected chi connectivity index (χ2v) is 5.59. The number of nitrogen functional groups attached to an aromatic ring is 1. The zero-order chi connectivity index (χ0) is 13.9. The van der Waals surface area contributed by atoms with Crippen molar-refractivity contribution in [1.29, 1.82) is 0 Å². The third kappa shape index (κ3) is 3.13. The zero-order valence-electron chi connectivity index (χ0n) is 10.6. The van der Waals surface area contributed by atoms with E-state index in [1.165, 1.54) is 6.07 Å². The lowest BCUT2D eigenvalue weighted by molar-refractivity contribution is 0.246. The van der Waals surface area contributed by atoms with Gasteiger partial charge in [0.1, 0.15) is 4.90 Å². The number of anilines is 1. The van der Waals surface area contributed by atoms with Crippen molar-refractivity contribution in [2.24, 2.45) is 0 Å². The van der Waals surface area contributed by atoms with Crippen molar-refractivity contribution in [1.82, 2.24) is 10.0 Å². The van der Waals surface area contributed by atoms with E-state index in [-0.39, 0.29) is 10.6 Å². The van der Waals surface area contributed by atoms with Crippen LogP contribution in [0.3, 0.4) is 0 Å². The monoisotopic (exact) mass is 271 g/mol. The van der Waals surface area contributed by atoms with Crippen LogP contribution >= 0.6 is 0 Å². The normalized spacial score (nSPS) is 11.1. The molecule has 18 heavy (non-hydrogen) atoms. The lowest BCUT2D eigenvalue weighted by atomic mass is 10.1. The van der Waals surface area contributed by atoms with Gasteiger partial charge >= 0.3 is 6.03 Å². The summed E-state index contributed by atoms with van der Waals surface area (Å²) >= 11 is 0. The van der Waals surface area contributed by atoms with E-state index in [0.717, 1.165) is 11.1 Å². The van der Waals surface area contributed by atoms with Gasteiger partial charge in [-0.1, -0.05) is 0 Å². The molecule has 100 valence electrons. The number of hydrogen-bond donors (Lipinski definition) is 3. The van der Waals surface area contributed by atoms with Gasteiger partial charge in [-0.2, -0.15) is 0 Å². The van der Waals surface area contributed by atoms with Crippen molar-refractivity contribution >= 4 is 21.7 Å². The van der Waals surface area contributed by atoms with Crippen molar-refractivity contribution < 1.29 is 13.2 Å². The summed E-state index contributed by atoms with van der Waals surface area (Å²) in [5.41, 5.74) is 7.48. The van der Waals surface area contributed by atoms with Gasteiger partial charge in [-0.15, -0.1) is 0 Å². The number of benzene rings is 1. The van der Waals surface area contributed by atoms with E-state index in [1.807, 2.05) is 11.6 Å². The van der Waals surface area contributed by atoms with Crippen LogP contribution in [0.4, 0.5) is 10.5 Å². The van der Waals surface area contributed by atoms with Crippen LogP contribution in [-0.4, -0.2) is 21.0 Å². The van der Waals surface area contributed by atoms with Gasteiger partial charge in [0, 0.05) is 6.54 Å². The van der Waals surface area contributed by atoms with E-state index in [0.29, 0.717) is 6.54 Å². The number of sulfonamides is 1. The van der Waals surface area contributed by atoms with Crippen molar-refractivity contribution in [2.45, 2.75) is 25.7 Å². The summed E-state index contributed by atoms with van der Waals surface area (Å²) in [6.07, 6.45) is 0. The maximum atomic E-state index is 11.9. The fraction of sp³-hybridized carbons (Fsp3) is 0.364. The molecule has 0 atom stereocenters. The summed E-state index contributed by atoms with van der Waals surface area (Å²) in [7, 11) is -3.94. The van der Waals surface area contributed by atoms with E-state index in [9.17, 15) is 13.2 Å². The molecular formula is C11H17N3O3S. The molecule has 1 rings (SSSR count). The maximum absolute atomic E-state index is 11.9. The van der Waals surface area contributed by atoms with Gasteiger partial charge in [-0.3, -0.25) is 0 Å². The van der Waals surface area contributed by atoms with Gasteiger partial charge in [0.25, 0.3) is 10.0 Å². The highest BCUT2D eigenvalue weighted by Crippen LogP contribution is 2.22. The highest BCUT2D eigenvalue weighted by molar-refractivity contribution is 7.90. The molecule has 0 spiro atoms. The predicted molar refractivity (Wildman–Crippen MR) is 69.7 cm³/mol. The van der Waals surface area contributed by atoms with Crippen molar-refractivity contribution in [3.05, 3.63) is 23.3 Å². The average molecular weight is 271 g/mol. The Hall–Kier alpha value is -1.76. The first-order valence-corrected chi connectivity index (χ1v) is 6.93. The Kier molecular flexibility index (Phi) is 4.18. The molecule has 1 aromatic carbocycles. The van der Waals surface area contributed by atoms with E-state index < -0.39 is 16.1 Å². The summed E-state index contributed by atoms with van der Waals surface area (Å²) in [5.74, 6) is 0. The predicted octanol–water partition coefficient (Wildman–Crippen LogP) is 0.893. The first-order chi connectivity index (χ1) is 8.27. The van der Waals surface area contributed by atoms with Gasteiger partial charge in [-0.05, 0) is 44.0 Å². The Morgan fingerprint density at radius 2 is 1.83 bits per heavy atom. The molecule has 0 radical (unpaired) electrons. The number of hydrogen-bond acceptors (Lipinski definition) is 4. The van der Waals surface area contributed by atoms with Gasteiger partial charge < -0.3 is 11.1 Å². The Labute approximate surface area is 107 Å². The number of nitrogens with one attached hydrogen (secondary N) is 2. The number of aryl methyl sites for hydroxylation is 2. The highest BCUT2D eigenvalue weighted by atomic mass is 32.2. The molecule has 0 bridgehead atoms. The summed E-state index contributed by atoms with van der Waals surface area (Å²) in [4.78, 5) is 11.2. The summed E-state index contributed by atoms with van der Waals surface area (Å²) < 4.78 is 25.8. The minimum absolute atomic E-state index is 0.0862. The standard InChI is InChI=1S/C11H17N3O3S/c1-4-13-11(15)14-18(16,17)10-6-8(3)7(2)5-9(10)12/h5-6H,4,12H2,1-3H3,(H2,13,14,15). The van der Waals surface area contributed by atoms with Crippen molar-refractivity contribution in [3.63, 3.8) is 0 Å². The average Bonchev–Trinajstić information content (AvgIpc) is 2.22. The van der Waals surface area contributed by atoms with Crippen molar-refractivity contribution in [2.75, 3.05) is 12.3 Å². The topological polar surface area (TPSA) is 101 Å². The molecule has 6 nitrogen and oxygen atoms in total. The SMILES string of the molecule is CCNC(=O)NS(=O)(=O)c1cc(C)c(C)cc1N. The zero-order valence-corrected chi connectivity index (χ0v) is 11.4. The fourth-order valence-corrected chi connectivity index (χ4v) is 2.55. The van der Waals surface area contributed by atoms with Crippen LogP contribution in [0.25, 0.3) is 0 Å². The smallest absolute Gasteiger partial charge is 0.328 e. The quantitative estimate of drug-likeness (QED) is 0.711. The third-order valence-corrected chi connectivity index (χ3v) is 3.87. The Balaban J connectivity index is 3.13. The van der Waals surface area contributed by atoms with Crippen LogP contribution in [0.1, 0.15) is 18.1 Å². The lowest BCUT2D eigenvalue weighted by Gasteiger charge is -2.11. The molecule has 0 aliphatic rings. The van der Waals surface area contributed by atoms with Crippen LogP contribution in [0.2, 0.25) is 0 Å².